The predicted octanol–water partition coefficient (Wildman–Crippen LogP) is 7.45. The molecule has 1 rings (SSSR count). The Bertz CT molecular complexity index is 582. The van der Waals surface area contributed by atoms with Crippen LogP contribution >= 0.6 is 18.9 Å². The van der Waals surface area contributed by atoms with E-state index >= 15 is 0 Å². The van der Waals surface area contributed by atoms with Crippen molar-refractivity contribution in [3.8, 4) is 0 Å². The average Bonchev–Trinajstić information content (AvgIpc) is 2.67. The van der Waals surface area contributed by atoms with E-state index in [0.29, 0.717) is 0 Å². The Hall–Kier alpha value is -0.150. The highest BCUT2D eigenvalue weighted by atomic mass is 35.5. The topological polar surface area (TPSA) is 57.2 Å². The molecule has 0 fully saturated rings. The van der Waals surface area contributed by atoms with Crippen LogP contribution < -0.4 is 0 Å². The minimum absolute atomic E-state index is 0.0394. The molecule has 28 heavy (non-hydrogen) atoms. The van der Waals surface area contributed by atoms with Crippen LogP contribution in [0.4, 0.5) is 0 Å². The molecule has 0 N–H and O–H groups in total. The predicted molar refractivity (Wildman–Crippen MR) is 125 cm³/mol. The fraction of sp³-hybridized carbons (Fsp3) is 0.727. The van der Waals surface area contributed by atoms with Crippen LogP contribution in [-0.4, -0.2) is 37.6 Å². The molecule has 0 amide bonds. The number of unbranched alkanes of at least 4 members (excludes halogenated alkanes) is 4. The van der Waals surface area contributed by atoms with Gasteiger partial charge in [0.1, 0.15) is 10.1 Å². The summed E-state index contributed by atoms with van der Waals surface area (Å²) in [6.45, 7) is 9.42. The van der Waals surface area contributed by atoms with Crippen LogP contribution in [0.1, 0.15) is 79.1 Å². The smallest absolute Gasteiger partial charge is 0.125 e. The van der Waals surface area contributed by atoms with E-state index in [0.717, 1.165) is 0 Å². The summed E-state index contributed by atoms with van der Waals surface area (Å²) in [5.74, 6) is 0. The number of benzene rings is 1. The van der Waals surface area contributed by atoms with Crippen molar-refractivity contribution in [2.24, 2.45) is 0 Å². The number of hydrogen-bond donors (Lipinski definition) is 0. The molecule has 0 saturated carbocycles. The van der Waals surface area contributed by atoms with Crippen molar-refractivity contribution >= 4 is 29.0 Å². The molecule has 0 aromatic heterocycles. The Morgan fingerprint density at radius 2 is 1.14 bits per heavy atom. The van der Waals surface area contributed by atoms with Crippen LogP contribution in [0.3, 0.4) is 0 Å². The van der Waals surface area contributed by atoms with Gasteiger partial charge in [-0.3, -0.25) is 0 Å². The molecule has 0 radical (unpaired) electrons. The summed E-state index contributed by atoms with van der Waals surface area (Å²) in [7, 11) is -4.98. The van der Waals surface area contributed by atoms with Crippen LogP contribution in [0.5, 0.6) is 0 Å². The molecule has 6 heteroatoms. The van der Waals surface area contributed by atoms with Gasteiger partial charge >= 0.3 is 0 Å². The molecule has 3 nitrogen and oxygen atoms in total. The zero-order valence-electron chi connectivity index (χ0n) is 18.3. The van der Waals surface area contributed by atoms with Gasteiger partial charge in [0.2, 0.25) is 0 Å². The lowest BCUT2D eigenvalue weighted by Gasteiger charge is -2.28. The van der Waals surface area contributed by atoms with E-state index in [1.165, 1.54) is 69.6 Å². The van der Waals surface area contributed by atoms with Gasteiger partial charge in [0.05, 0.1) is 34.6 Å². The molecule has 0 atom stereocenters. The fourth-order valence-corrected chi connectivity index (χ4v) is 9.55. The Morgan fingerprint density at radius 3 is 1.39 bits per heavy atom. The number of rotatable bonds is 13. The number of halogens is 1. The lowest BCUT2D eigenvalue weighted by Crippen LogP contribution is -2.12. The zero-order chi connectivity index (χ0) is 21.5. The summed E-state index contributed by atoms with van der Waals surface area (Å²) in [5, 5.41) is -0.0394. The molecule has 0 spiro atoms. The van der Waals surface area contributed by atoms with Gasteiger partial charge < -0.3 is 4.55 Å². The highest BCUT2D eigenvalue weighted by Gasteiger charge is 2.34. The fourth-order valence-electron chi connectivity index (χ4n) is 3.29. The summed E-state index contributed by atoms with van der Waals surface area (Å²) < 4.78 is 31.2. The van der Waals surface area contributed by atoms with Gasteiger partial charge in [-0.25, -0.2) is 8.42 Å². The van der Waals surface area contributed by atoms with Crippen molar-refractivity contribution < 1.29 is 13.0 Å². The Kier molecular flexibility index (Phi) is 15.6. The second-order valence-electron chi connectivity index (χ2n) is 7.53. The van der Waals surface area contributed by atoms with E-state index in [1.807, 2.05) is 0 Å². The number of hydrogen-bond acceptors (Lipinski definition) is 3. The van der Waals surface area contributed by atoms with Gasteiger partial charge in [-0.1, -0.05) is 77.1 Å². The van der Waals surface area contributed by atoms with E-state index in [4.69, 9.17) is 11.6 Å². The molecule has 1 aromatic rings. The third-order valence-electron chi connectivity index (χ3n) is 5.05. The minimum Gasteiger partial charge on any atom is -0.744 e. The van der Waals surface area contributed by atoms with E-state index in [1.54, 1.807) is 30.7 Å². The van der Waals surface area contributed by atoms with Crippen molar-refractivity contribution in [3.05, 3.63) is 29.3 Å². The van der Waals surface area contributed by atoms with Crippen LogP contribution in [0.25, 0.3) is 0 Å². The first-order valence-electron chi connectivity index (χ1n) is 10.8. The molecular formula is C22H40ClO3PS. The van der Waals surface area contributed by atoms with Crippen molar-refractivity contribution in [2.75, 3.05) is 24.6 Å². The molecule has 0 aliphatic rings. The Morgan fingerprint density at radius 1 is 0.786 bits per heavy atom. The van der Waals surface area contributed by atoms with E-state index < -0.39 is 17.4 Å². The lowest BCUT2D eigenvalue weighted by atomic mass is 10.4. The normalized spacial score (nSPS) is 11.8. The van der Waals surface area contributed by atoms with Crippen molar-refractivity contribution in [1.82, 2.24) is 0 Å². The van der Waals surface area contributed by atoms with Gasteiger partial charge in [0.15, 0.2) is 0 Å². The third-order valence-corrected chi connectivity index (χ3v) is 11.4. The van der Waals surface area contributed by atoms with Crippen molar-refractivity contribution in [2.45, 2.75) is 84.0 Å². The van der Waals surface area contributed by atoms with Gasteiger partial charge in [0, 0.05) is 7.26 Å². The molecule has 0 aliphatic heterocycles. The molecule has 0 bridgehead atoms. The summed E-state index contributed by atoms with van der Waals surface area (Å²) in [6, 6.07) is 5.52. The second-order valence-corrected chi connectivity index (χ2v) is 13.8. The van der Waals surface area contributed by atoms with Crippen molar-refractivity contribution in [1.29, 1.82) is 0 Å². The second kappa shape index (κ2) is 15.7. The van der Waals surface area contributed by atoms with E-state index in [9.17, 15) is 13.0 Å². The Labute approximate surface area is 179 Å². The molecule has 0 unspecified atom stereocenters. The lowest BCUT2D eigenvalue weighted by molar-refractivity contribution is 0.463. The summed E-state index contributed by atoms with van der Waals surface area (Å²) in [4.78, 5) is -0.373. The molecule has 1 aromatic carbocycles. The van der Waals surface area contributed by atoms with Gasteiger partial charge in [-0.2, -0.15) is 0 Å². The first-order valence-corrected chi connectivity index (χ1v) is 15.1. The van der Waals surface area contributed by atoms with E-state index in [2.05, 4.69) is 27.7 Å². The van der Waals surface area contributed by atoms with Crippen molar-refractivity contribution in [3.63, 3.8) is 0 Å². The first-order chi connectivity index (χ1) is 13.3. The highest BCUT2D eigenvalue weighted by Crippen LogP contribution is 2.61. The standard InChI is InChI=1S/C16H36P.C6H5ClO3S/c1-5-9-13-17(14-10-6-2,15-11-7-3)16-12-8-4;7-5-3-1-2-4-6(5)11(8,9)10/h5-16H2,1-4H3;1-4H,(H,8,9,10)/q+1;/p-1. The average molecular weight is 451 g/mol. The molecular weight excluding hydrogens is 411 g/mol. The maximum atomic E-state index is 10.4. The quantitative estimate of drug-likeness (QED) is 0.231. The summed E-state index contributed by atoms with van der Waals surface area (Å²) in [6.07, 6.45) is 17.9. The SMILES string of the molecule is CCCC[P+](CCCC)(CCCC)CCCC.O=S(=O)([O-])c1ccccc1Cl. The molecule has 0 saturated heterocycles. The highest BCUT2D eigenvalue weighted by molar-refractivity contribution is 7.85. The van der Waals surface area contributed by atoms with Crippen LogP contribution in [0, 0.1) is 0 Å². The molecule has 0 aliphatic carbocycles. The summed E-state index contributed by atoms with van der Waals surface area (Å²) in [5.41, 5.74) is 0. The maximum Gasteiger partial charge on any atom is 0.125 e. The van der Waals surface area contributed by atoms with Crippen LogP contribution in [0.15, 0.2) is 29.2 Å². The largest absolute Gasteiger partial charge is 0.744 e. The third kappa shape index (κ3) is 11.8. The first kappa shape index (κ1) is 27.8. The summed E-state index contributed by atoms with van der Waals surface area (Å²) >= 11 is 5.43. The molecule has 164 valence electrons. The van der Waals surface area contributed by atoms with Gasteiger partial charge in [-0.15, -0.1) is 0 Å². The van der Waals surface area contributed by atoms with Crippen LogP contribution in [0.2, 0.25) is 5.02 Å². The van der Waals surface area contributed by atoms with Gasteiger partial charge in [0.25, 0.3) is 0 Å². The monoisotopic (exact) mass is 450 g/mol. The van der Waals surface area contributed by atoms with Crippen LogP contribution in [-0.2, 0) is 10.1 Å². The minimum atomic E-state index is -4.42. The molecule has 0 heterocycles. The van der Waals surface area contributed by atoms with Gasteiger partial charge in [-0.05, 0) is 37.8 Å². The maximum absolute atomic E-state index is 10.4. The zero-order valence-corrected chi connectivity index (χ0v) is 20.7. The Balaban J connectivity index is 0.000000567. The van der Waals surface area contributed by atoms with E-state index in [-0.39, 0.29) is 9.92 Å².